The van der Waals surface area contributed by atoms with E-state index in [0.717, 1.165) is 0 Å². The monoisotopic (exact) mass is 135 g/mol. The molecule has 0 amide bonds. The van der Waals surface area contributed by atoms with E-state index in [2.05, 4.69) is 15.9 Å². The van der Waals surface area contributed by atoms with Crippen LogP contribution in [0.5, 0.6) is 0 Å². The molecule has 5 heavy (non-hydrogen) atoms. The fourth-order valence-corrected chi connectivity index (χ4v) is 0.613. The van der Waals surface area contributed by atoms with Gasteiger partial charge in [-0.2, -0.15) is 0 Å². The molecule has 1 rings (SSSR count). The summed E-state index contributed by atoms with van der Waals surface area (Å²) in [5.41, 5.74) is 5.32. The third-order valence-electron chi connectivity index (χ3n) is 0.759. The third kappa shape index (κ3) is 0.637. The molecule has 0 radical (unpaired) electrons. The first-order valence-electron chi connectivity index (χ1n) is 1.70. The fourth-order valence-electron chi connectivity index (χ4n) is 0.181. The lowest BCUT2D eigenvalue weighted by Gasteiger charge is -1.67. The Morgan fingerprint density at radius 1 is 1.80 bits per heavy atom. The fraction of sp³-hybridized carbons (Fsp3) is 1.00. The van der Waals surface area contributed by atoms with Gasteiger partial charge in [0.15, 0.2) is 0 Å². The first-order valence-corrected chi connectivity index (χ1v) is 2.62. The quantitative estimate of drug-likeness (QED) is 0.481. The zero-order chi connectivity index (χ0) is 3.86. The van der Waals surface area contributed by atoms with E-state index in [1.807, 2.05) is 0 Å². The van der Waals surface area contributed by atoms with Crippen molar-refractivity contribution in [2.24, 2.45) is 5.73 Å². The number of rotatable bonds is 0. The zero-order valence-corrected chi connectivity index (χ0v) is 4.40. The first-order chi connectivity index (χ1) is 2.30. The van der Waals surface area contributed by atoms with E-state index in [1.54, 1.807) is 0 Å². The van der Waals surface area contributed by atoms with E-state index in [-0.39, 0.29) is 0 Å². The summed E-state index contributed by atoms with van der Waals surface area (Å²) < 4.78 is 0. The molecule has 0 saturated heterocycles. The van der Waals surface area contributed by atoms with Crippen molar-refractivity contribution in [1.29, 1.82) is 0 Å². The van der Waals surface area contributed by atoms with Gasteiger partial charge in [0.25, 0.3) is 0 Å². The highest BCUT2D eigenvalue weighted by Gasteiger charge is 2.29. The molecule has 1 saturated carbocycles. The second kappa shape index (κ2) is 0.949. The standard InChI is InChI=1S/C3H6BrN/c4-2-1-3(2)5/h2-3H,1,5H2. The maximum Gasteiger partial charge on any atom is 0.0312 e. The second-order valence-corrected chi connectivity index (χ2v) is 2.59. The molecule has 0 aromatic rings. The van der Waals surface area contributed by atoms with Gasteiger partial charge in [-0.15, -0.1) is 0 Å². The number of hydrogen-bond acceptors (Lipinski definition) is 1. The van der Waals surface area contributed by atoms with Crippen LogP contribution in [0, 0.1) is 0 Å². The molecule has 0 bridgehead atoms. The van der Waals surface area contributed by atoms with Crippen molar-refractivity contribution in [2.45, 2.75) is 17.3 Å². The van der Waals surface area contributed by atoms with Crippen LogP contribution in [0.1, 0.15) is 6.42 Å². The van der Waals surface area contributed by atoms with Gasteiger partial charge in [0.1, 0.15) is 0 Å². The summed E-state index contributed by atoms with van der Waals surface area (Å²) in [6.07, 6.45) is 1.17. The third-order valence-corrected chi connectivity index (χ3v) is 1.81. The summed E-state index contributed by atoms with van der Waals surface area (Å²) in [5.74, 6) is 0. The Kier molecular flexibility index (Phi) is 0.688. The van der Waals surface area contributed by atoms with Crippen molar-refractivity contribution in [2.75, 3.05) is 0 Å². The SMILES string of the molecule is NC1CC1Br. The van der Waals surface area contributed by atoms with Gasteiger partial charge < -0.3 is 5.73 Å². The molecular weight excluding hydrogens is 130 g/mol. The largest absolute Gasteiger partial charge is 0.327 e. The minimum absolute atomic E-state index is 0.468. The minimum Gasteiger partial charge on any atom is -0.327 e. The first kappa shape index (κ1) is 3.62. The summed E-state index contributed by atoms with van der Waals surface area (Å²) in [6, 6.07) is 0.468. The molecule has 0 aromatic heterocycles. The molecule has 0 spiro atoms. The highest BCUT2D eigenvalue weighted by Crippen LogP contribution is 2.26. The van der Waals surface area contributed by atoms with Gasteiger partial charge in [-0.3, -0.25) is 0 Å². The van der Waals surface area contributed by atoms with Crippen molar-refractivity contribution in [3.63, 3.8) is 0 Å². The molecule has 30 valence electrons. The van der Waals surface area contributed by atoms with E-state index < -0.39 is 0 Å². The van der Waals surface area contributed by atoms with E-state index in [0.29, 0.717) is 10.9 Å². The molecule has 0 aliphatic heterocycles. The molecule has 2 heteroatoms. The maximum absolute atomic E-state index is 5.32. The van der Waals surface area contributed by atoms with Crippen molar-refractivity contribution in [3.8, 4) is 0 Å². The normalized spacial score (nSPS) is 49.2. The van der Waals surface area contributed by atoms with Crippen molar-refractivity contribution in [3.05, 3.63) is 0 Å². The maximum atomic E-state index is 5.32. The predicted molar refractivity (Wildman–Crippen MR) is 25.3 cm³/mol. The molecule has 1 nitrogen and oxygen atoms in total. The topological polar surface area (TPSA) is 26.0 Å². The lowest BCUT2D eigenvalue weighted by Crippen LogP contribution is -1.99. The minimum atomic E-state index is 0.468. The van der Waals surface area contributed by atoms with Crippen LogP contribution in [-0.2, 0) is 0 Å². The Bertz CT molecular complexity index is 40.2. The smallest absolute Gasteiger partial charge is 0.0312 e. The van der Waals surface area contributed by atoms with E-state index in [9.17, 15) is 0 Å². The molecule has 1 fully saturated rings. The molecule has 0 heterocycles. The summed E-state index contributed by atoms with van der Waals surface area (Å²) in [7, 11) is 0. The van der Waals surface area contributed by atoms with Crippen LogP contribution in [0.15, 0.2) is 0 Å². The van der Waals surface area contributed by atoms with Crippen LogP contribution in [0.2, 0.25) is 0 Å². The Balaban J connectivity index is 2.20. The van der Waals surface area contributed by atoms with Crippen LogP contribution in [-0.4, -0.2) is 10.9 Å². The van der Waals surface area contributed by atoms with Gasteiger partial charge in [-0.05, 0) is 6.42 Å². The molecule has 2 atom stereocenters. The summed E-state index contributed by atoms with van der Waals surface area (Å²) in [4.78, 5) is 0.641. The summed E-state index contributed by atoms with van der Waals surface area (Å²) in [6.45, 7) is 0. The van der Waals surface area contributed by atoms with Gasteiger partial charge in [0.2, 0.25) is 0 Å². The van der Waals surface area contributed by atoms with Gasteiger partial charge >= 0.3 is 0 Å². The lowest BCUT2D eigenvalue weighted by atomic mass is 10.8. The van der Waals surface area contributed by atoms with Crippen LogP contribution in [0.4, 0.5) is 0 Å². The Morgan fingerprint density at radius 2 is 2.00 bits per heavy atom. The Hall–Kier alpha value is 0.440. The zero-order valence-electron chi connectivity index (χ0n) is 2.82. The number of nitrogens with two attached hydrogens (primary N) is 1. The highest BCUT2D eigenvalue weighted by atomic mass is 79.9. The molecule has 2 unspecified atom stereocenters. The predicted octanol–water partition coefficient (Wildman–Crippen LogP) is 0.481. The molecule has 2 N–H and O–H groups in total. The molecule has 1 aliphatic rings. The van der Waals surface area contributed by atoms with E-state index in [4.69, 9.17) is 5.73 Å². The van der Waals surface area contributed by atoms with Gasteiger partial charge in [0.05, 0.1) is 0 Å². The van der Waals surface area contributed by atoms with E-state index >= 15 is 0 Å². The molecular formula is C3H6BrN. The summed E-state index contributed by atoms with van der Waals surface area (Å²) in [5, 5.41) is 0. The summed E-state index contributed by atoms with van der Waals surface area (Å²) >= 11 is 3.32. The van der Waals surface area contributed by atoms with E-state index in [1.165, 1.54) is 6.42 Å². The van der Waals surface area contributed by atoms with Gasteiger partial charge in [0, 0.05) is 10.9 Å². The Labute approximate surface area is 39.7 Å². The van der Waals surface area contributed by atoms with Crippen molar-refractivity contribution < 1.29 is 0 Å². The highest BCUT2D eigenvalue weighted by molar-refractivity contribution is 9.09. The average Bonchev–Trinajstić information content (AvgIpc) is 1.79. The van der Waals surface area contributed by atoms with Crippen LogP contribution < -0.4 is 5.73 Å². The number of hydrogen-bond donors (Lipinski definition) is 1. The number of halogens is 1. The molecule has 1 aliphatic carbocycles. The van der Waals surface area contributed by atoms with Crippen molar-refractivity contribution in [1.82, 2.24) is 0 Å². The van der Waals surface area contributed by atoms with Gasteiger partial charge in [-0.25, -0.2) is 0 Å². The van der Waals surface area contributed by atoms with Gasteiger partial charge in [-0.1, -0.05) is 15.9 Å². The number of alkyl halides is 1. The van der Waals surface area contributed by atoms with Crippen LogP contribution in [0.25, 0.3) is 0 Å². The lowest BCUT2D eigenvalue weighted by molar-refractivity contribution is 1.08. The molecule has 0 aromatic carbocycles. The van der Waals surface area contributed by atoms with Crippen molar-refractivity contribution >= 4 is 15.9 Å². The second-order valence-electron chi connectivity index (χ2n) is 1.42. The average molecular weight is 136 g/mol. The van der Waals surface area contributed by atoms with Crippen LogP contribution in [0.3, 0.4) is 0 Å². The van der Waals surface area contributed by atoms with Crippen LogP contribution >= 0.6 is 15.9 Å². The Morgan fingerprint density at radius 3 is 2.00 bits per heavy atom.